The lowest BCUT2D eigenvalue weighted by molar-refractivity contribution is -0.319. The highest BCUT2D eigenvalue weighted by Gasteiger charge is 2.74. The first-order valence-electron chi connectivity index (χ1n) is 14.6. The van der Waals surface area contributed by atoms with E-state index in [9.17, 15) is 40.2 Å². The molecule has 11 heteroatoms. The van der Waals surface area contributed by atoms with Gasteiger partial charge in [0.25, 0.3) is 0 Å². The molecule has 0 aromatic heterocycles. The highest BCUT2D eigenvalue weighted by atomic mass is 16.7. The standard InChI is InChI=1S/C29H42O11/c1-14-22(33)23(34)24(35)25(39-14)40-16-3-6-27(13-30)19-10-20(31)26(2)17(15-9-21(32)38-12-15)5-8-29(26,37)18(19)4-7-28(27,36)11-16/h9,13-14,16-20,22-25,31,33-37H,3-8,10-12H2,1-2H3/t14-,16+,17+,18-,19-,20+,22-,23+,24+,25-,26-,27-,28-,29-/m0/s1. The number of aliphatic hydroxyl groups excluding tert-OH is 4. The SMILES string of the molecule is C[C@@H]1O[C@@H](O[C@@H]2CC[C@]3(C=O)[C@H]4C[C@@H](O)[C@]5(C)[C@@H](C6=CC(=O)OC6)CC[C@]5(O)[C@H]4CC[C@]3(O)C2)[C@H](O)[C@H](O)[C@H]1O. The molecule has 0 aromatic carbocycles. The molecule has 0 spiro atoms. The van der Waals surface area contributed by atoms with Crippen molar-refractivity contribution in [2.45, 2.75) is 119 Å². The summed E-state index contributed by atoms with van der Waals surface area (Å²) < 4.78 is 16.8. The summed E-state index contributed by atoms with van der Waals surface area (Å²) in [5.74, 6) is -1.42. The molecule has 6 N–H and O–H groups in total. The lowest BCUT2D eigenvalue weighted by Gasteiger charge is -2.66. The van der Waals surface area contributed by atoms with Crippen LogP contribution in [0.4, 0.5) is 0 Å². The van der Waals surface area contributed by atoms with Gasteiger partial charge in [0.2, 0.25) is 0 Å². The molecular weight excluding hydrogens is 524 g/mol. The topological polar surface area (TPSA) is 183 Å². The van der Waals surface area contributed by atoms with Crippen molar-refractivity contribution in [1.29, 1.82) is 0 Å². The summed E-state index contributed by atoms with van der Waals surface area (Å²) in [4.78, 5) is 24.8. The van der Waals surface area contributed by atoms with Gasteiger partial charge in [-0.1, -0.05) is 6.92 Å². The van der Waals surface area contributed by atoms with E-state index in [1.54, 1.807) is 6.92 Å². The van der Waals surface area contributed by atoms with Crippen LogP contribution in [0.5, 0.6) is 0 Å². The molecule has 0 radical (unpaired) electrons. The number of ether oxygens (including phenoxy) is 3. The zero-order valence-electron chi connectivity index (χ0n) is 23.0. The summed E-state index contributed by atoms with van der Waals surface area (Å²) >= 11 is 0. The smallest absolute Gasteiger partial charge is 0.331 e. The molecular formula is C29H42O11. The first kappa shape index (κ1) is 28.7. The Kier molecular flexibility index (Phi) is 6.83. The quantitative estimate of drug-likeness (QED) is 0.149. The van der Waals surface area contributed by atoms with Crippen LogP contribution in [0.3, 0.4) is 0 Å². The van der Waals surface area contributed by atoms with Crippen molar-refractivity contribution in [1.82, 2.24) is 0 Å². The van der Waals surface area contributed by atoms with Gasteiger partial charge in [-0.25, -0.2) is 4.79 Å². The second kappa shape index (κ2) is 9.54. The van der Waals surface area contributed by atoms with Gasteiger partial charge in [-0.05, 0) is 75.2 Å². The van der Waals surface area contributed by atoms with Crippen LogP contribution >= 0.6 is 0 Å². The van der Waals surface area contributed by atoms with Crippen molar-refractivity contribution in [2.24, 2.45) is 28.6 Å². The molecule has 0 amide bonds. The number of esters is 1. The third kappa shape index (κ3) is 3.71. The zero-order chi connectivity index (χ0) is 28.8. The van der Waals surface area contributed by atoms with Gasteiger partial charge in [0.15, 0.2) is 6.29 Å². The van der Waals surface area contributed by atoms with Crippen molar-refractivity contribution in [3.63, 3.8) is 0 Å². The molecule has 5 fully saturated rings. The van der Waals surface area contributed by atoms with Gasteiger partial charge < -0.3 is 49.6 Å². The maximum Gasteiger partial charge on any atom is 0.331 e. The summed E-state index contributed by atoms with van der Waals surface area (Å²) in [5.41, 5.74) is -4.09. The largest absolute Gasteiger partial charge is 0.458 e. The van der Waals surface area contributed by atoms with Crippen molar-refractivity contribution < 1.29 is 54.4 Å². The summed E-state index contributed by atoms with van der Waals surface area (Å²) in [7, 11) is 0. The minimum Gasteiger partial charge on any atom is -0.458 e. The summed E-state index contributed by atoms with van der Waals surface area (Å²) in [6.45, 7) is 3.61. The normalized spacial score (nSPS) is 56.0. The second-order valence-corrected chi connectivity index (χ2v) is 13.5. The first-order chi connectivity index (χ1) is 18.8. The maximum absolute atomic E-state index is 13.0. The van der Waals surface area contributed by atoms with Crippen molar-refractivity contribution >= 4 is 12.3 Å². The van der Waals surface area contributed by atoms with E-state index in [0.717, 1.165) is 11.9 Å². The van der Waals surface area contributed by atoms with Crippen LogP contribution in [0.1, 0.15) is 65.2 Å². The van der Waals surface area contributed by atoms with Crippen LogP contribution in [-0.4, -0.2) is 104 Å². The number of fused-ring (bicyclic) bond motifs is 5. The minimum absolute atomic E-state index is 0.0926. The van der Waals surface area contributed by atoms with Gasteiger partial charge in [0.1, 0.15) is 31.2 Å². The molecule has 4 aliphatic carbocycles. The van der Waals surface area contributed by atoms with E-state index in [-0.39, 0.29) is 44.1 Å². The number of hydrogen-bond acceptors (Lipinski definition) is 11. The Labute approximate surface area is 233 Å². The maximum atomic E-state index is 13.0. The Morgan fingerprint density at radius 2 is 1.75 bits per heavy atom. The highest BCUT2D eigenvalue weighted by molar-refractivity contribution is 5.85. The Morgan fingerprint density at radius 3 is 2.42 bits per heavy atom. The predicted octanol–water partition coefficient (Wildman–Crippen LogP) is -0.279. The number of carbonyl (C=O) groups is 2. The van der Waals surface area contributed by atoms with Crippen molar-refractivity contribution in [3.05, 3.63) is 11.6 Å². The zero-order valence-corrected chi connectivity index (χ0v) is 23.0. The van der Waals surface area contributed by atoms with Crippen molar-refractivity contribution in [3.8, 4) is 0 Å². The lowest BCUT2D eigenvalue weighted by atomic mass is 9.41. The number of carbonyl (C=O) groups excluding carboxylic acids is 2. The number of hydrogen-bond donors (Lipinski definition) is 6. The molecule has 11 nitrogen and oxygen atoms in total. The third-order valence-corrected chi connectivity index (χ3v) is 12.1. The summed E-state index contributed by atoms with van der Waals surface area (Å²) in [6, 6.07) is 0. The van der Waals surface area contributed by atoms with E-state index >= 15 is 0 Å². The molecule has 2 aliphatic heterocycles. The third-order valence-electron chi connectivity index (χ3n) is 12.1. The van der Waals surface area contributed by atoms with E-state index in [0.29, 0.717) is 25.7 Å². The number of aliphatic hydroxyl groups is 6. The van der Waals surface area contributed by atoms with Crippen LogP contribution in [0.2, 0.25) is 0 Å². The monoisotopic (exact) mass is 566 g/mol. The van der Waals surface area contributed by atoms with Gasteiger partial charge in [-0.2, -0.15) is 0 Å². The number of cyclic esters (lactones) is 1. The van der Waals surface area contributed by atoms with E-state index < -0.39 is 76.8 Å². The Morgan fingerprint density at radius 1 is 1.00 bits per heavy atom. The van der Waals surface area contributed by atoms with E-state index in [2.05, 4.69) is 0 Å². The van der Waals surface area contributed by atoms with E-state index in [1.807, 2.05) is 6.92 Å². The lowest BCUT2D eigenvalue weighted by Crippen LogP contribution is -2.71. The molecule has 224 valence electrons. The first-order valence-corrected chi connectivity index (χ1v) is 14.6. The molecule has 1 saturated heterocycles. The van der Waals surface area contributed by atoms with Gasteiger partial charge in [0, 0.05) is 17.9 Å². The van der Waals surface area contributed by atoms with Crippen molar-refractivity contribution in [2.75, 3.05) is 6.61 Å². The predicted molar refractivity (Wildman–Crippen MR) is 136 cm³/mol. The molecule has 0 aromatic rings. The van der Waals surface area contributed by atoms with Crippen LogP contribution in [0, 0.1) is 28.6 Å². The fourth-order valence-electron chi connectivity index (χ4n) is 9.74. The molecule has 4 saturated carbocycles. The fourth-order valence-corrected chi connectivity index (χ4v) is 9.74. The summed E-state index contributed by atoms with van der Waals surface area (Å²) in [5, 5.41) is 66.7. The molecule has 14 atom stereocenters. The van der Waals surface area contributed by atoms with E-state index in [4.69, 9.17) is 14.2 Å². The highest BCUT2D eigenvalue weighted by Crippen LogP contribution is 2.70. The van der Waals surface area contributed by atoms with Crippen LogP contribution in [0.25, 0.3) is 0 Å². The fraction of sp³-hybridized carbons (Fsp3) is 0.862. The Bertz CT molecular complexity index is 1080. The molecule has 6 rings (SSSR count). The number of rotatable bonds is 4. The average Bonchev–Trinajstić information content (AvgIpc) is 3.46. The van der Waals surface area contributed by atoms with Crippen LogP contribution in [-0.2, 0) is 23.8 Å². The molecule has 40 heavy (non-hydrogen) atoms. The second-order valence-electron chi connectivity index (χ2n) is 13.5. The van der Waals surface area contributed by atoms with Gasteiger partial charge in [-0.15, -0.1) is 0 Å². The Balaban J connectivity index is 1.25. The van der Waals surface area contributed by atoms with Gasteiger partial charge in [0.05, 0.1) is 34.9 Å². The summed E-state index contributed by atoms with van der Waals surface area (Å²) in [6.07, 6.45) is -2.70. The number of aldehydes is 1. The average molecular weight is 567 g/mol. The Hall–Kier alpha value is -1.44. The van der Waals surface area contributed by atoms with Gasteiger partial charge >= 0.3 is 5.97 Å². The van der Waals surface area contributed by atoms with Crippen LogP contribution < -0.4 is 0 Å². The van der Waals surface area contributed by atoms with E-state index in [1.165, 1.54) is 6.08 Å². The molecule has 0 unspecified atom stereocenters. The van der Waals surface area contributed by atoms with Gasteiger partial charge in [-0.3, -0.25) is 0 Å². The molecule has 6 aliphatic rings. The molecule has 2 heterocycles. The molecule has 0 bridgehead atoms. The van der Waals surface area contributed by atoms with Crippen LogP contribution in [0.15, 0.2) is 11.6 Å². The minimum atomic E-state index is -1.47.